The Morgan fingerprint density at radius 1 is 1.32 bits per heavy atom. The molecule has 3 rings (SSSR count). The fourth-order valence-corrected chi connectivity index (χ4v) is 3.83. The van der Waals surface area contributed by atoms with Crippen molar-refractivity contribution in [2.24, 2.45) is 0 Å². The molecule has 0 unspecified atom stereocenters. The summed E-state index contributed by atoms with van der Waals surface area (Å²) in [5, 5.41) is 3.52. The van der Waals surface area contributed by atoms with E-state index in [0.29, 0.717) is 12.0 Å². The van der Waals surface area contributed by atoms with Gasteiger partial charge in [-0.1, -0.05) is 37.6 Å². The lowest BCUT2D eigenvalue weighted by Gasteiger charge is -2.19. The Balaban J connectivity index is 1.93. The van der Waals surface area contributed by atoms with Crippen molar-refractivity contribution in [1.29, 1.82) is 0 Å². The highest BCUT2D eigenvalue weighted by Gasteiger charge is 2.30. The Morgan fingerprint density at radius 3 is 2.89 bits per heavy atom. The van der Waals surface area contributed by atoms with Gasteiger partial charge in [0.2, 0.25) is 0 Å². The van der Waals surface area contributed by atoms with E-state index in [1.807, 2.05) is 0 Å². The van der Waals surface area contributed by atoms with E-state index >= 15 is 0 Å². The van der Waals surface area contributed by atoms with E-state index in [0.717, 1.165) is 0 Å². The average Bonchev–Trinajstić information content (AvgIpc) is 3.06. The Kier molecular flexibility index (Phi) is 3.74. The van der Waals surface area contributed by atoms with Crippen LogP contribution in [0.2, 0.25) is 0 Å². The molecule has 2 aliphatic carbocycles. The van der Waals surface area contributed by atoms with Gasteiger partial charge in [-0.3, -0.25) is 0 Å². The molecule has 0 amide bonds. The second-order valence-corrected chi connectivity index (χ2v) is 6.03. The zero-order chi connectivity index (χ0) is 13.2. The van der Waals surface area contributed by atoms with E-state index in [-0.39, 0.29) is 0 Å². The largest absolute Gasteiger partial charge is 0.316 e. The molecule has 0 spiro atoms. The van der Waals surface area contributed by atoms with Crippen molar-refractivity contribution in [2.75, 3.05) is 7.05 Å². The van der Waals surface area contributed by atoms with Gasteiger partial charge in [0.05, 0.1) is 0 Å². The molecular weight excluding hydrogens is 230 g/mol. The maximum absolute atomic E-state index is 3.52. The number of hydrogen-bond acceptors (Lipinski definition) is 1. The number of allylic oxidation sites excluding steroid dienone is 2. The Hall–Kier alpha value is -1.08. The average molecular weight is 255 g/mol. The van der Waals surface area contributed by atoms with Crippen LogP contribution in [0, 0.1) is 0 Å². The summed E-state index contributed by atoms with van der Waals surface area (Å²) in [6.45, 7) is 2.30. The van der Waals surface area contributed by atoms with Crippen molar-refractivity contribution >= 4 is 5.57 Å². The van der Waals surface area contributed by atoms with Crippen molar-refractivity contribution < 1.29 is 0 Å². The fourth-order valence-electron chi connectivity index (χ4n) is 3.83. The van der Waals surface area contributed by atoms with Crippen molar-refractivity contribution in [3.63, 3.8) is 0 Å². The van der Waals surface area contributed by atoms with E-state index in [1.165, 1.54) is 44.1 Å². The van der Waals surface area contributed by atoms with Crippen LogP contribution in [-0.4, -0.2) is 13.1 Å². The van der Waals surface area contributed by atoms with E-state index in [4.69, 9.17) is 0 Å². The molecule has 0 saturated carbocycles. The molecule has 1 aromatic carbocycles. The van der Waals surface area contributed by atoms with E-state index in [9.17, 15) is 0 Å². The van der Waals surface area contributed by atoms with Gasteiger partial charge in [-0.15, -0.1) is 0 Å². The molecule has 102 valence electrons. The molecule has 0 bridgehead atoms. The van der Waals surface area contributed by atoms with Crippen molar-refractivity contribution in [3.05, 3.63) is 41.0 Å². The van der Waals surface area contributed by atoms with E-state index < -0.39 is 0 Å². The summed E-state index contributed by atoms with van der Waals surface area (Å²) in [5.74, 6) is 0.715. The topological polar surface area (TPSA) is 12.0 Å². The minimum absolute atomic E-state index is 0.641. The second-order valence-electron chi connectivity index (χ2n) is 6.03. The molecule has 1 aromatic rings. The lowest BCUT2D eigenvalue weighted by atomic mass is 9.91. The summed E-state index contributed by atoms with van der Waals surface area (Å²) in [4.78, 5) is 0. The molecule has 2 aliphatic rings. The summed E-state index contributed by atoms with van der Waals surface area (Å²) < 4.78 is 0. The Bertz CT molecular complexity index is 486. The first-order chi connectivity index (χ1) is 9.33. The zero-order valence-electron chi connectivity index (χ0n) is 12.2. The van der Waals surface area contributed by atoms with Gasteiger partial charge in [0.25, 0.3) is 0 Å². The summed E-state index contributed by atoms with van der Waals surface area (Å²) >= 11 is 0. The maximum atomic E-state index is 3.52. The third-order valence-electron chi connectivity index (χ3n) is 4.85. The zero-order valence-corrected chi connectivity index (χ0v) is 12.2. The summed E-state index contributed by atoms with van der Waals surface area (Å²) in [6.07, 6.45) is 10.1. The SMILES string of the molecule is CCC[C@@H]1c2cc(C3=CCCC3)ccc2C[C@@H]1NC. The fraction of sp³-hybridized carbons (Fsp3) is 0.556. The molecule has 1 nitrogen and oxygen atoms in total. The summed E-state index contributed by atoms with van der Waals surface area (Å²) in [6, 6.07) is 7.85. The van der Waals surface area contributed by atoms with Gasteiger partial charge in [-0.25, -0.2) is 0 Å². The van der Waals surface area contributed by atoms with Gasteiger partial charge < -0.3 is 5.32 Å². The van der Waals surface area contributed by atoms with E-state index in [1.54, 1.807) is 16.7 Å². The first-order valence-electron chi connectivity index (χ1n) is 7.83. The van der Waals surface area contributed by atoms with Crippen LogP contribution in [0.3, 0.4) is 0 Å². The highest BCUT2D eigenvalue weighted by Crippen LogP contribution is 2.39. The van der Waals surface area contributed by atoms with Gasteiger partial charge in [0.15, 0.2) is 0 Å². The minimum Gasteiger partial charge on any atom is -0.316 e. The molecule has 0 heterocycles. The van der Waals surface area contributed by atoms with Crippen LogP contribution < -0.4 is 5.32 Å². The van der Waals surface area contributed by atoms with Gasteiger partial charge >= 0.3 is 0 Å². The normalized spacial score (nSPS) is 25.5. The monoisotopic (exact) mass is 255 g/mol. The summed E-state index contributed by atoms with van der Waals surface area (Å²) in [7, 11) is 2.11. The predicted molar refractivity (Wildman–Crippen MR) is 82.5 cm³/mol. The molecule has 0 aliphatic heterocycles. The van der Waals surface area contributed by atoms with Crippen LogP contribution in [0.4, 0.5) is 0 Å². The molecule has 2 atom stereocenters. The first kappa shape index (κ1) is 12.9. The van der Waals surface area contributed by atoms with Crippen LogP contribution in [-0.2, 0) is 6.42 Å². The molecular formula is C18H25N. The highest BCUT2D eigenvalue weighted by atomic mass is 14.9. The Morgan fingerprint density at radius 2 is 2.21 bits per heavy atom. The Labute approximate surface area is 117 Å². The highest BCUT2D eigenvalue weighted by molar-refractivity contribution is 5.68. The van der Waals surface area contributed by atoms with Crippen LogP contribution in [0.15, 0.2) is 24.3 Å². The second kappa shape index (κ2) is 5.50. The van der Waals surface area contributed by atoms with Crippen molar-refractivity contribution in [3.8, 4) is 0 Å². The number of nitrogens with one attached hydrogen (secondary N) is 1. The summed E-state index contributed by atoms with van der Waals surface area (Å²) in [5.41, 5.74) is 6.24. The molecule has 1 N–H and O–H groups in total. The number of fused-ring (bicyclic) bond motifs is 1. The van der Waals surface area contributed by atoms with Crippen molar-refractivity contribution in [1.82, 2.24) is 5.32 Å². The molecule has 19 heavy (non-hydrogen) atoms. The quantitative estimate of drug-likeness (QED) is 0.846. The molecule has 0 aromatic heterocycles. The van der Waals surface area contributed by atoms with Gasteiger partial charge in [-0.05, 0) is 67.3 Å². The van der Waals surface area contributed by atoms with Gasteiger partial charge in [-0.2, -0.15) is 0 Å². The number of hydrogen-bond donors (Lipinski definition) is 1. The van der Waals surface area contributed by atoms with Crippen LogP contribution in [0.1, 0.15) is 61.6 Å². The molecule has 0 radical (unpaired) electrons. The first-order valence-corrected chi connectivity index (χ1v) is 7.83. The molecule has 0 saturated heterocycles. The lowest BCUT2D eigenvalue weighted by Crippen LogP contribution is -2.29. The van der Waals surface area contributed by atoms with E-state index in [2.05, 4.69) is 43.6 Å². The van der Waals surface area contributed by atoms with Crippen molar-refractivity contribution in [2.45, 2.75) is 57.4 Å². The standard InChI is InChI=1S/C18H25N/c1-3-6-16-17-11-14(13-7-4-5-8-13)9-10-15(17)12-18(16)19-2/h7,9-11,16,18-19H,3-6,8,12H2,1-2H3/t16-,18+/m1/s1. The molecule has 1 heteroatoms. The van der Waals surface area contributed by atoms with Gasteiger partial charge in [0.1, 0.15) is 0 Å². The number of likely N-dealkylation sites (N-methyl/N-ethyl adjacent to an activating group) is 1. The van der Waals surface area contributed by atoms with Gasteiger partial charge in [0, 0.05) is 6.04 Å². The predicted octanol–water partition coefficient (Wildman–Crippen LogP) is 4.28. The maximum Gasteiger partial charge on any atom is 0.0173 e. The number of rotatable bonds is 4. The molecule has 0 fully saturated rings. The number of benzene rings is 1. The van der Waals surface area contributed by atoms with Crippen LogP contribution in [0.5, 0.6) is 0 Å². The van der Waals surface area contributed by atoms with Crippen LogP contribution in [0.25, 0.3) is 5.57 Å². The third-order valence-corrected chi connectivity index (χ3v) is 4.85. The lowest BCUT2D eigenvalue weighted by molar-refractivity contribution is 0.466. The minimum atomic E-state index is 0.641. The van der Waals surface area contributed by atoms with Crippen LogP contribution >= 0.6 is 0 Å². The third kappa shape index (κ3) is 2.36. The smallest absolute Gasteiger partial charge is 0.0173 e.